The first-order valence-corrected chi connectivity index (χ1v) is 7.70. The number of aromatic amines is 1. The molecular formula is C16H14N4OS. The normalized spacial score (nSPS) is 9.95. The van der Waals surface area contributed by atoms with Crippen molar-refractivity contribution in [3.63, 3.8) is 0 Å². The summed E-state index contributed by atoms with van der Waals surface area (Å²) in [5.41, 5.74) is 6.05. The Morgan fingerprint density at radius 2 is 1.82 bits per heavy atom. The van der Waals surface area contributed by atoms with Gasteiger partial charge in [-0.05, 0) is 29.9 Å². The second-order valence-corrected chi connectivity index (χ2v) is 5.76. The minimum atomic E-state index is -0.585. The summed E-state index contributed by atoms with van der Waals surface area (Å²) in [6.45, 7) is 2.11. The van der Waals surface area contributed by atoms with Crippen LogP contribution in [0.3, 0.4) is 0 Å². The van der Waals surface area contributed by atoms with Crippen LogP contribution in [0.25, 0.3) is 11.1 Å². The molecule has 0 unspecified atom stereocenters. The Labute approximate surface area is 132 Å². The molecule has 110 valence electrons. The Bertz CT molecular complexity index is 825. The van der Waals surface area contributed by atoms with Crippen molar-refractivity contribution in [2.75, 3.05) is 11.5 Å². The number of nitrogens with one attached hydrogen (secondary N) is 1. The zero-order valence-corrected chi connectivity index (χ0v) is 12.8. The summed E-state index contributed by atoms with van der Waals surface area (Å²) in [7, 11) is 0. The monoisotopic (exact) mass is 310 g/mol. The second-order valence-electron chi connectivity index (χ2n) is 4.59. The van der Waals surface area contributed by atoms with E-state index in [1.165, 1.54) is 0 Å². The number of H-pyrrole nitrogens is 1. The van der Waals surface area contributed by atoms with E-state index in [0.29, 0.717) is 11.1 Å². The standard InChI is InChI=1S/C16H14N4OS/c1-2-7-22-11-5-3-10(4-6-11)14-12(8-17)15(19)20-16(21)13(14)9-18/h3-6H,2,7H2,1H3,(H3,19,20,21). The summed E-state index contributed by atoms with van der Waals surface area (Å²) in [5.74, 6) is 0.996. The maximum absolute atomic E-state index is 11.9. The van der Waals surface area contributed by atoms with Crippen molar-refractivity contribution >= 4 is 17.6 Å². The summed E-state index contributed by atoms with van der Waals surface area (Å²) in [4.78, 5) is 15.3. The van der Waals surface area contributed by atoms with E-state index in [-0.39, 0.29) is 16.9 Å². The van der Waals surface area contributed by atoms with E-state index in [0.717, 1.165) is 17.1 Å². The number of thioether (sulfide) groups is 1. The number of hydrogen-bond donors (Lipinski definition) is 2. The van der Waals surface area contributed by atoms with Crippen LogP contribution in [-0.4, -0.2) is 10.7 Å². The fourth-order valence-corrected chi connectivity index (χ4v) is 2.84. The Morgan fingerprint density at radius 1 is 1.18 bits per heavy atom. The molecule has 2 rings (SSSR count). The van der Waals surface area contributed by atoms with Crippen LogP contribution in [0.4, 0.5) is 5.82 Å². The van der Waals surface area contributed by atoms with Gasteiger partial charge in [0.2, 0.25) is 0 Å². The predicted octanol–water partition coefficient (Wildman–Crippen LogP) is 2.87. The minimum Gasteiger partial charge on any atom is -0.384 e. The van der Waals surface area contributed by atoms with Gasteiger partial charge in [-0.1, -0.05) is 19.1 Å². The number of nitrogens with zero attached hydrogens (tertiary/aromatic N) is 2. The van der Waals surface area contributed by atoms with Gasteiger partial charge in [0.25, 0.3) is 5.56 Å². The molecule has 6 heteroatoms. The molecule has 1 aromatic carbocycles. The van der Waals surface area contributed by atoms with Crippen LogP contribution < -0.4 is 11.3 Å². The first-order valence-electron chi connectivity index (χ1n) is 6.71. The van der Waals surface area contributed by atoms with Crippen molar-refractivity contribution < 1.29 is 0 Å². The lowest BCUT2D eigenvalue weighted by Crippen LogP contribution is -2.16. The molecule has 0 saturated carbocycles. The number of anilines is 1. The average molecular weight is 310 g/mol. The zero-order valence-electron chi connectivity index (χ0n) is 12.0. The van der Waals surface area contributed by atoms with Gasteiger partial charge in [-0.15, -0.1) is 11.8 Å². The van der Waals surface area contributed by atoms with E-state index < -0.39 is 5.56 Å². The molecule has 0 fully saturated rings. The molecule has 0 aliphatic heterocycles. The van der Waals surface area contributed by atoms with Crippen LogP contribution in [0.5, 0.6) is 0 Å². The van der Waals surface area contributed by atoms with E-state index in [2.05, 4.69) is 11.9 Å². The van der Waals surface area contributed by atoms with Gasteiger partial charge in [0.1, 0.15) is 29.1 Å². The van der Waals surface area contributed by atoms with E-state index in [1.54, 1.807) is 23.9 Å². The van der Waals surface area contributed by atoms with E-state index in [9.17, 15) is 15.3 Å². The Balaban J connectivity index is 2.60. The molecule has 2 aromatic rings. The van der Waals surface area contributed by atoms with E-state index in [1.807, 2.05) is 24.3 Å². The second kappa shape index (κ2) is 6.84. The van der Waals surface area contributed by atoms with Crippen LogP contribution in [0.15, 0.2) is 34.0 Å². The number of pyridine rings is 1. The molecule has 0 aliphatic rings. The van der Waals surface area contributed by atoms with Crippen LogP contribution in [0.2, 0.25) is 0 Å². The number of nitrogens with two attached hydrogens (primary N) is 1. The van der Waals surface area contributed by atoms with Crippen molar-refractivity contribution in [2.45, 2.75) is 18.2 Å². The first kappa shape index (κ1) is 15.7. The van der Waals surface area contributed by atoms with Crippen LogP contribution >= 0.6 is 11.8 Å². The van der Waals surface area contributed by atoms with Crippen LogP contribution in [0.1, 0.15) is 24.5 Å². The third-order valence-corrected chi connectivity index (χ3v) is 4.30. The van der Waals surface area contributed by atoms with E-state index in [4.69, 9.17) is 5.73 Å². The molecule has 1 aromatic heterocycles. The number of aromatic nitrogens is 1. The third-order valence-electron chi connectivity index (χ3n) is 3.08. The summed E-state index contributed by atoms with van der Waals surface area (Å²) in [6.07, 6.45) is 1.08. The molecule has 0 spiro atoms. The summed E-state index contributed by atoms with van der Waals surface area (Å²) in [5, 5.41) is 18.5. The Morgan fingerprint density at radius 3 is 2.36 bits per heavy atom. The van der Waals surface area contributed by atoms with Gasteiger partial charge in [-0.2, -0.15) is 10.5 Å². The number of hydrogen-bond acceptors (Lipinski definition) is 5. The maximum Gasteiger partial charge on any atom is 0.268 e. The molecule has 0 aliphatic carbocycles. The van der Waals surface area contributed by atoms with Crippen molar-refractivity contribution in [2.24, 2.45) is 0 Å². The molecule has 0 amide bonds. The highest BCUT2D eigenvalue weighted by molar-refractivity contribution is 7.99. The molecule has 5 nitrogen and oxygen atoms in total. The van der Waals surface area contributed by atoms with Crippen molar-refractivity contribution in [1.29, 1.82) is 10.5 Å². The fraction of sp³-hybridized carbons (Fsp3) is 0.188. The van der Waals surface area contributed by atoms with Crippen molar-refractivity contribution in [3.8, 4) is 23.3 Å². The lowest BCUT2D eigenvalue weighted by Gasteiger charge is -2.09. The smallest absolute Gasteiger partial charge is 0.268 e. The topological polar surface area (TPSA) is 106 Å². The highest BCUT2D eigenvalue weighted by atomic mass is 32.2. The van der Waals surface area contributed by atoms with Gasteiger partial charge in [0, 0.05) is 10.5 Å². The number of nitrogen functional groups attached to an aromatic ring is 1. The highest BCUT2D eigenvalue weighted by Gasteiger charge is 2.17. The molecule has 0 atom stereocenters. The van der Waals surface area contributed by atoms with Crippen LogP contribution in [-0.2, 0) is 0 Å². The lowest BCUT2D eigenvalue weighted by atomic mass is 9.97. The summed E-state index contributed by atoms with van der Waals surface area (Å²) in [6, 6.07) is 11.2. The third kappa shape index (κ3) is 2.98. The van der Waals surface area contributed by atoms with Crippen molar-refractivity contribution in [3.05, 3.63) is 45.7 Å². The number of nitriles is 2. The van der Waals surface area contributed by atoms with E-state index >= 15 is 0 Å². The molecule has 22 heavy (non-hydrogen) atoms. The highest BCUT2D eigenvalue weighted by Crippen LogP contribution is 2.29. The number of benzene rings is 1. The van der Waals surface area contributed by atoms with Gasteiger partial charge in [-0.3, -0.25) is 4.79 Å². The predicted molar refractivity (Wildman–Crippen MR) is 87.4 cm³/mol. The largest absolute Gasteiger partial charge is 0.384 e. The van der Waals surface area contributed by atoms with Gasteiger partial charge in [0.15, 0.2) is 0 Å². The zero-order chi connectivity index (χ0) is 16.1. The summed E-state index contributed by atoms with van der Waals surface area (Å²) < 4.78 is 0. The van der Waals surface area contributed by atoms with Crippen LogP contribution in [0, 0.1) is 22.7 Å². The minimum absolute atomic E-state index is 0.0223. The first-order chi connectivity index (χ1) is 10.6. The molecule has 0 radical (unpaired) electrons. The SMILES string of the molecule is CCCSc1ccc(-c2c(C#N)c(N)[nH]c(=O)c2C#N)cc1. The lowest BCUT2D eigenvalue weighted by molar-refractivity contribution is 1.10. The molecule has 0 bridgehead atoms. The maximum atomic E-state index is 11.9. The average Bonchev–Trinajstić information content (AvgIpc) is 2.53. The molecule has 3 N–H and O–H groups in total. The Kier molecular flexibility index (Phi) is 4.88. The molecule has 1 heterocycles. The number of rotatable bonds is 4. The van der Waals surface area contributed by atoms with Gasteiger partial charge in [0.05, 0.1) is 0 Å². The Hall–Kier alpha value is -2.70. The van der Waals surface area contributed by atoms with Crippen molar-refractivity contribution in [1.82, 2.24) is 4.98 Å². The summed E-state index contributed by atoms with van der Waals surface area (Å²) >= 11 is 1.73. The van der Waals surface area contributed by atoms with Gasteiger partial charge < -0.3 is 10.7 Å². The molecule has 0 saturated heterocycles. The quantitative estimate of drug-likeness (QED) is 0.844. The van der Waals surface area contributed by atoms with Gasteiger partial charge in [-0.25, -0.2) is 0 Å². The fourth-order valence-electron chi connectivity index (χ4n) is 2.07. The van der Waals surface area contributed by atoms with Gasteiger partial charge >= 0.3 is 0 Å². The molecular weight excluding hydrogens is 296 g/mol.